The second-order valence-electron chi connectivity index (χ2n) is 7.09. The van der Waals surface area contributed by atoms with Crippen LogP contribution in [0.2, 0.25) is 0 Å². The van der Waals surface area contributed by atoms with Gasteiger partial charge in [-0.25, -0.2) is 9.97 Å². The van der Waals surface area contributed by atoms with Crippen LogP contribution in [0.1, 0.15) is 33.6 Å². The molecule has 0 atom stereocenters. The molecule has 0 fully saturated rings. The highest BCUT2D eigenvalue weighted by Gasteiger charge is 2.12. The molecule has 0 unspecified atom stereocenters. The zero-order chi connectivity index (χ0) is 21.4. The molecule has 2 heterocycles. The van der Waals surface area contributed by atoms with Gasteiger partial charge in [0, 0.05) is 24.2 Å². The summed E-state index contributed by atoms with van der Waals surface area (Å²) < 4.78 is 3.82. The van der Waals surface area contributed by atoms with Crippen molar-refractivity contribution in [3.05, 3.63) is 47.5 Å². The average molecular weight is 406 g/mol. The molecule has 0 aliphatic heterocycles. The Morgan fingerprint density at radius 2 is 1.13 bits per heavy atom. The summed E-state index contributed by atoms with van der Waals surface area (Å²) in [5.41, 5.74) is 26.5. The molecule has 10 heteroatoms. The molecule has 0 saturated heterocycles. The molecule has 154 valence electrons. The Kier molecular flexibility index (Phi) is 4.74. The number of amides is 2. The van der Waals surface area contributed by atoms with E-state index in [4.69, 9.17) is 22.9 Å². The first kappa shape index (κ1) is 19.2. The third kappa shape index (κ3) is 3.39. The van der Waals surface area contributed by atoms with Crippen molar-refractivity contribution in [2.75, 3.05) is 11.5 Å². The second kappa shape index (κ2) is 7.39. The smallest absolute Gasteiger partial charge is 0.248 e. The first-order valence-electron chi connectivity index (χ1n) is 9.46. The lowest BCUT2D eigenvalue weighted by Gasteiger charge is -2.09. The molecule has 10 nitrogen and oxygen atoms in total. The number of primary amides is 2. The fourth-order valence-electron chi connectivity index (χ4n) is 3.61. The molecule has 4 aromatic rings. The Morgan fingerprint density at radius 3 is 1.50 bits per heavy atom. The normalized spacial score (nSPS) is 11.3. The summed E-state index contributed by atoms with van der Waals surface area (Å²) in [5.74, 6) is -0.229. The van der Waals surface area contributed by atoms with E-state index in [0.29, 0.717) is 47.1 Å². The largest absolute Gasteiger partial charge is 0.369 e. The minimum absolute atomic E-state index is 0.387. The van der Waals surface area contributed by atoms with Gasteiger partial charge in [0.2, 0.25) is 23.7 Å². The van der Waals surface area contributed by atoms with Crippen molar-refractivity contribution >= 4 is 45.8 Å². The van der Waals surface area contributed by atoms with Crippen LogP contribution >= 0.6 is 0 Å². The lowest BCUT2D eigenvalue weighted by molar-refractivity contribution is 0.0992. The Labute approximate surface area is 171 Å². The molecular weight excluding hydrogens is 384 g/mol. The predicted molar refractivity (Wildman–Crippen MR) is 115 cm³/mol. The van der Waals surface area contributed by atoms with Gasteiger partial charge in [-0.15, -0.1) is 0 Å². The number of hydrogen-bond acceptors (Lipinski definition) is 6. The molecule has 4 rings (SSSR count). The molecule has 2 aromatic carbocycles. The summed E-state index contributed by atoms with van der Waals surface area (Å²) in [6, 6.07) is 10.2. The van der Waals surface area contributed by atoms with Crippen molar-refractivity contribution in [3.63, 3.8) is 0 Å². The summed E-state index contributed by atoms with van der Waals surface area (Å²) in [6.07, 6.45) is 1.65. The third-order valence-corrected chi connectivity index (χ3v) is 5.14. The number of nitrogens with two attached hydrogens (primary N) is 4. The fourth-order valence-corrected chi connectivity index (χ4v) is 3.61. The van der Waals surface area contributed by atoms with Crippen LogP contribution in [0, 0.1) is 0 Å². The number of hydrogen-bond donors (Lipinski definition) is 4. The minimum atomic E-state index is -0.502. The molecule has 0 spiro atoms. The number of fused-ring (bicyclic) bond motifs is 2. The third-order valence-electron chi connectivity index (χ3n) is 5.14. The van der Waals surface area contributed by atoms with E-state index in [1.165, 1.54) is 0 Å². The topological polar surface area (TPSA) is 174 Å². The SMILES string of the molecule is NC(=O)c1ccc2c(c1)nc(N)n2CCCCn1c(N)nc2cc(C(N)=O)ccc21. The Hall–Kier alpha value is -4.08. The maximum atomic E-state index is 11.3. The zero-order valence-corrected chi connectivity index (χ0v) is 16.2. The van der Waals surface area contributed by atoms with Crippen molar-refractivity contribution in [1.82, 2.24) is 19.1 Å². The molecular formula is C20H22N8O2. The highest BCUT2D eigenvalue weighted by atomic mass is 16.1. The van der Waals surface area contributed by atoms with E-state index >= 15 is 0 Å². The van der Waals surface area contributed by atoms with E-state index in [1.807, 2.05) is 9.13 Å². The van der Waals surface area contributed by atoms with Crippen LogP contribution in [0.15, 0.2) is 36.4 Å². The molecule has 2 amide bonds. The summed E-state index contributed by atoms with van der Waals surface area (Å²) in [7, 11) is 0. The molecule has 0 bridgehead atoms. The van der Waals surface area contributed by atoms with Crippen LogP contribution in [-0.2, 0) is 13.1 Å². The standard InChI is InChI=1S/C20H22N8O2/c21-17(29)11-3-5-15-13(9-11)25-19(23)27(15)7-1-2-8-28-16-6-4-12(18(22)30)10-14(16)26-20(28)24/h3-6,9-10H,1-2,7-8H2,(H2,21,29)(H2,22,30)(H2,23,25)(H2,24,26). The molecule has 0 aliphatic rings. The molecule has 30 heavy (non-hydrogen) atoms. The lowest BCUT2D eigenvalue weighted by atomic mass is 10.2. The maximum Gasteiger partial charge on any atom is 0.248 e. The number of nitrogens with zero attached hydrogens (tertiary/aromatic N) is 4. The van der Waals surface area contributed by atoms with Crippen LogP contribution in [0.3, 0.4) is 0 Å². The van der Waals surface area contributed by atoms with Gasteiger partial charge in [0.05, 0.1) is 22.1 Å². The Balaban J connectivity index is 1.47. The van der Waals surface area contributed by atoms with Crippen LogP contribution in [0.5, 0.6) is 0 Å². The first-order valence-corrected chi connectivity index (χ1v) is 9.46. The number of carbonyl (C=O) groups excluding carboxylic acids is 2. The maximum absolute atomic E-state index is 11.3. The van der Waals surface area contributed by atoms with Crippen molar-refractivity contribution in [2.24, 2.45) is 11.5 Å². The quantitative estimate of drug-likeness (QED) is 0.336. The fraction of sp³-hybridized carbons (Fsp3) is 0.200. The van der Waals surface area contributed by atoms with Crippen molar-refractivity contribution in [3.8, 4) is 0 Å². The summed E-state index contributed by atoms with van der Waals surface area (Å²) >= 11 is 0. The average Bonchev–Trinajstić information content (AvgIpc) is 3.19. The molecule has 0 radical (unpaired) electrons. The number of rotatable bonds is 7. The van der Waals surface area contributed by atoms with E-state index in [2.05, 4.69) is 9.97 Å². The number of imidazole rings is 2. The zero-order valence-electron chi connectivity index (χ0n) is 16.2. The Bertz CT molecular complexity index is 1190. The monoisotopic (exact) mass is 406 g/mol. The highest BCUT2D eigenvalue weighted by Crippen LogP contribution is 2.22. The number of nitrogen functional groups attached to an aromatic ring is 2. The molecule has 0 aliphatic carbocycles. The van der Waals surface area contributed by atoms with Crippen LogP contribution in [0.25, 0.3) is 22.1 Å². The summed E-state index contributed by atoms with van der Waals surface area (Å²) in [6.45, 7) is 1.33. The van der Waals surface area contributed by atoms with Gasteiger partial charge in [-0.1, -0.05) is 0 Å². The highest BCUT2D eigenvalue weighted by molar-refractivity contribution is 5.97. The molecule has 2 aromatic heterocycles. The minimum Gasteiger partial charge on any atom is -0.369 e. The van der Waals surface area contributed by atoms with Gasteiger partial charge in [-0.2, -0.15) is 0 Å². The van der Waals surface area contributed by atoms with Crippen molar-refractivity contribution in [2.45, 2.75) is 25.9 Å². The number of carbonyl (C=O) groups is 2. The molecule has 0 saturated carbocycles. The van der Waals surface area contributed by atoms with E-state index in [1.54, 1.807) is 36.4 Å². The van der Waals surface area contributed by atoms with Crippen LogP contribution in [0.4, 0.5) is 11.9 Å². The van der Waals surface area contributed by atoms with Gasteiger partial charge in [0.25, 0.3) is 0 Å². The van der Waals surface area contributed by atoms with Crippen LogP contribution in [-0.4, -0.2) is 30.9 Å². The lowest BCUT2D eigenvalue weighted by Crippen LogP contribution is -2.10. The number of benzene rings is 2. The number of aromatic nitrogens is 4. The van der Waals surface area contributed by atoms with Gasteiger partial charge < -0.3 is 32.1 Å². The number of anilines is 2. The van der Waals surface area contributed by atoms with Crippen LogP contribution < -0.4 is 22.9 Å². The van der Waals surface area contributed by atoms with Crippen molar-refractivity contribution in [1.29, 1.82) is 0 Å². The number of unbranched alkanes of at least 4 members (excludes halogenated alkanes) is 1. The van der Waals surface area contributed by atoms with Gasteiger partial charge in [-0.05, 0) is 49.2 Å². The first-order chi connectivity index (χ1) is 14.3. The van der Waals surface area contributed by atoms with Gasteiger partial charge in [0.15, 0.2) is 0 Å². The summed E-state index contributed by atoms with van der Waals surface area (Å²) in [5, 5.41) is 0. The van der Waals surface area contributed by atoms with E-state index in [9.17, 15) is 9.59 Å². The van der Waals surface area contributed by atoms with Crippen molar-refractivity contribution < 1.29 is 9.59 Å². The van der Waals surface area contributed by atoms with E-state index in [0.717, 1.165) is 23.9 Å². The summed E-state index contributed by atoms with van der Waals surface area (Å²) in [4.78, 5) is 31.3. The van der Waals surface area contributed by atoms with Gasteiger partial charge in [-0.3, -0.25) is 9.59 Å². The number of aryl methyl sites for hydroxylation is 2. The van der Waals surface area contributed by atoms with E-state index < -0.39 is 11.8 Å². The van der Waals surface area contributed by atoms with E-state index in [-0.39, 0.29) is 0 Å². The molecule has 8 N–H and O–H groups in total. The van der Waals surface area contributed by atoms with Gasteiger partial charge in [0.1, 0.15) is 0 Å². The van der Waals surface area contributed by atoms with Gasteiger partial charge >= 0.3 is 0 Å². The Morgan fingerprint density at radius 1 is 0.733 bits per heavy atom. The predicted octanol–water partition coefficient (Wildman–Crippen LogP) is 1.23. The second-order valence-corrected chi connectivity index (χ2v) is 7.09.